The van der Waals surface area contributed by atoms with Crippen molar-refractivity contribution in [2.45, 2.75) is 32.8 Å². The van der Waals surface area contributed by atoms with Gasteiger partial charge in [0, 0.05) is 6.54 Å². The number of hydrogen-bond donors (Lipinski definition) is 1. The first-order valence-electron chi connectivity index (χ1n) is 5.57. The molecule has 4 nitrogen and oxygen atoms in total. The van der Waals surface area contributed by atoms with E-state index < -0.39 is 0 Å². The van der Waals surface area contributed by atoms with Crippen LogP contribution in [0, 0.1) is 0 Å². The van der Waals surface area contributed by atoms with Crippen molar-refractivity contribution in [3.05, 3.63) is 0 Å². The number of carbonyl (C=O) groups is 1. The molecule has 0 spiro atoms. The molecular formula is C11H24N2O2. The molecule has 0 aromatic carbocycles. The highest BCUT2D eigenvalue weighted by Crippen LogP contribution is 1.92. The second-order valence-corrected chi connectivity index (χ2v) is 4.20. The summed E-state index contributed by atoms with van der Waals surface area (Å²) < 4.78 is 5.01. The Labute approximate surface area is 93.0 Å². The van der Waals surface area contributed by atoms with Gasteiger partial charge in [-0.15, -0.1) is 0 Å². The molecule has 0 aliphatic carbocycles. The molecule has 0 aliphatic heterocycles. The summed E-state index contributed by atoms with van der Waals surface area (Å²) in [6, 6.07) is 0. The normalized spacial score (nSPS) is 11.1. The molecule has 15 heavy (non-hydrogen) atoms. The van der Waals surface area contributed by atoms with E-state index in [9.17, 15) is 4.79 Å². The van der Waals surface area contributed by atoms with Gasteiger partial charge in [0.25, 0.3) is 0 Å². The third-order valence-electron chi connectivity index (χ3n) is 1.83. The number of rotatable bonds is 8. The lowest BCUT2D eigenvalue weighted by atomic mass is 10.3. The lowest BCUT2D eigenvalue weighted by Gasteiger charge is -2.10. The Morgan fingerprint density at radius 1 is 1.33 bits per heavy atom. The molecule has 0 amide bonds. The zero-order valence-electron chi connectivity index (χ0n) is 10.4. The lowest BCUT2D eigenvalue weighted by Crippen LogP contribution is -2.24. The molecule has 0 unspecified atom stereocenters. The average Bonchev–Trinajstić information content (AvgIpc) is 2.09. The molecule has 0 atom stereocenters. The van der Waals surface area contributed by atoms with Gasteiger partial charge in [-0.3, -0.25) is 4.79 Å². The number of esters is 1. The average molecular weight is 216 g/mol. The smallest absolute Gasteiger partial charge is 0.307 e. The summed E-state index contributed by atoms with van der Waals surface area (Å²) in [4.78, 5) is 13.3. The van der Waals surface area contributed by atoms with Gasteiger partial charge in [-0.05, 0) is 47.5 Å². The zero-order chi connectivity index (χ0) is 11.7. The van der Waals surface area contributed by atoms with Crippen molar-refractivity contribution in [1.29, 1.82) is 0 Å². The van der Waals surface area contributed by atoms with Crippen molar-refractivity contribution in [2.75, 3.05) is 33.7 Å². The van der Waals surface area contributed by atoms with Gasteiger partial charge >= 0.3 is 5.97 Å². The summed E-state index contributed by atoms with van der Waals surface area (Å²) in [5, 5.41) is 3.22. The Morgan fingerprint density at radius 3 is 2.53 bits per heavy atom. The van der Waals surface area contributed by atoms with Crippen molar-refractivity contribution >= 4 is 5.97 Å². The van der Waals surface area contributed by atoms with Crippen LogP contribution in [0.1, 0.15) is 26.7 Å². The fourth-order valence-corrected chi connectivity index (χ4v) is 1.16. The molecule has 0 aromatic rings. The Balaban J connectivity index is 3.20. The van der Waals surface area contributed by atoms with E-state index in [0.29, 0.717) is 13.0 Å². The first-order valence-corrected chi connectivity index (χ1v) is 5.57. The van der Waals surface area contributed by atoms with Gasteiger partial charge in [0.1, 0.15) is 0 Å². The van der Waals surface area contributed by atoms with Gasteiger partial charge < -0.3 is 15.0 Å². The second kappa shape index (κ2) is 8.68. The standard InChI is InChI=1S/C11H24N2O2/c1-10(2)15-11(14)6-8-12-7-5-9-13(3)4/h10,12H,5-9H2,1-4H3. The summed E-state index contributed by atoms with van der Waals surface area (Å²) in [6.45, 7) is 6.46. The number of hydrogen-bond acceptors (Lipinski definition) is 4. The number of ether oxygens (including phenoxy) is 1. The minimum Gasteiger partial charge on any atom is -0.463 e. The predicted octanol–water partition coefficient (Wildman–Crippen LogP) is 0.869. The van der Waals surface area contributed by atoms with E-state index in [2.05, 4.69) is 24.3 Å². The van der Waals surface area contributed by atoms with Crippen LogP contribution in [0.4, 0.5) is 0 Å². The second-order valence-electron chi connectivity index (χ2n) is 4.20. The fourth-order valence-electron chi connectivity index (χ4n) is 1.16. The summed E-state index contributed by atoms with van der Waals surface area (Å²) in [6.07, 6.45) is 1.55. The topological polar surface area (TPSA) is 41.6 Å². The van der Waals surface area contributed by atoms with E-state index in [0.717, 1.165) is 19.5 Å². The van der Waals surface area contributed by atoms with Crippen LogP contribution >= 0.6 is 0 Å². The van der Waals surface area contributed by atoms with Crippen LogP contribution in [0.15, 0.2) is 0 Å². The van der Waals surface area contributed by atoms with Gasteiger partial charge in [-0.1, -0.05) is 0 Å². The van der Waals surface area contributed by atoms with E-state index in [1.165, 1.54) is 0 Å². The van der Waals surface area contributed by atoms with E-state index in [1.807, 2.05) is 13.8 Å². The van der Waals surface area contributed by atoms with Crippen LogP contribution in [-0.2, 0) is 9.53 Å². The summed E-state index contributed by atoms with van der Waals surface area (Å²) in [7, 11) is 4.11. The molecule has 0 aliphatic rings. The summed E-state index contributed by atoms with van der Waals surface area (Å²) in [5.74, 6) is -0.120. The molecule has 0 saturated carbocycles. The van der Waals surface area contributed by atoms with Crippen LogP contribution < -0.4 is 5.32 Å². The van der Waals surface area contributed by atoms with Crippen molar-refractivity contribution in [3.63, 3.8) is 0 Å². The molecular weight excluding hydrogens is 192 g/mol. The first-order chi connectivity index (χ1) is 7.02. The predicted molar refractivity (Wildman–Crippen MR) is 61.9 cm³/mol. The van der Waals surface area contributed by atoms with Crippen LogP contribution in [0.3, 0.4) is 0 Å². The number of carbonyl (C=O) groups excluding carboxylic acids is 1. The quantitative estimate of drug-likeness (QED) is 0.483. The van der Waals surface area contributed by atoms with Gasteiger partial charge in [0.05, 0.1) is 12.5 Å². The zero-order valence-corrected chi connectivity index (χ0v) is 10.4. The largest absolute Gasteiger partial charge is 0.463 e. The highest BCUT2D eigenvalue weighted by Gasteiger charge is 2.03. The third kappa shape index (κ3) is 11.3. The minimum atomic E-state index is -0.120. The minimum absolute atomic E-state index is 0.00811. The van der Waals surface area contributed by atoms with E-state index >= 15 is 0 Å². The van der Waals surface area contributed by atoms with E-state index in [4.69, 9.17) is 4.74 Å². The van der Waals surface area contributed by atoms with Crippen molar-refractivity contribution in [3.8, 4) is 0 Å². The van der Waals surface area contributed by atoms with Gasteiger partial charge in [0.15, 0.2) is 0 Å². The molecule has 4 heteroatoms. The highest BCUT2D eigenvalue weighted by molar-refractivity contribution is 5.69. The number of nitrogens with one attached hydrogen (secondary N) is 1. The molecule has 1 N–H and O–H groups in total. The SMILES string of the molecule is CC(C)OC(=O)CCNCCCN(C)C. The van der Waals surface area contributed by atoms with Crippen molar-refractivity contribution < 1.29 is 9.53 Å². The first kappa shape index (κ1) is 14.4. The maximum absolute atomic E-state index is 11.1. The molecule has 0 fully saturated rings. The monoisotopic (exact) mass is 216 g/mol. The van der Waals surface area contributed by atoms with Gasteiger partial charge in [-0.2, -0.15) is 0 Å². The molecule has 90 valence electrons. The molecule has 0 bridgehead atoms. The Hall–Kier alpha value is -0.610. The van der Waals surface area contributed by atoms with E-state index in [1.54, 1.807) is 0 Å². The maximum Gasteiger partial charge on any atom is 0.307 e. The molecule has 0 radical (unpaired) electrons. The Bertz CT molecular complexity index is 170. The molecule has 0 saturated heterocycles. The van der Waals surface area contributed by atoms with E-state index in [-0.39, 0.29) is 12.1 Å². The fraction of sp³-hybridized carbons (Fsp3) is 0.909. The highest BCUT2D eigenvalue weighted by atomic mass is 16.5. The maximum atomic E-state index is 11.1. The van der Waals surface area contributed by atoms with Crippen LogP contribution in [0.25, 0.3) is 0 Å². The lowest BCUT2D eigenvalue weighted by molar-refractivity contribution is -0.147. The third-order valence-corrected chi connectivity index (χ3v) is 1.83. The Kier molecular flexibility index (Phi) is 8.33. The molecule has 0 aromatic heterocycles. The molecule has 0 rings (SSSR count). The van der Waals surface area contributed by atoms with Crippen LogP contribution in [-0.4, -0.2) is 50.7 Å². The van der Waals surface area contributed by atoms with Crippen molar-refractivity contribution in [1.82, 2.24) is 10.2 Å². The molecule has 0 heterocycles. The summed E-state index contributed by atoms with van der Waals surface area (Å²) >= 11 is 0. The number of nitrogens with zero attached hydrogens (tertiary/aromatic N) is 1. The van der Waals surface area contributed by atoms with Gasteiger partial charge in [0.2, 0.25) is 0 Å². The van der Waals surface area contributed by atoms with Crippen molar-refractivity contribution in [2.24, 2.45) is 0 Å². The van der Waals surface area contributed by atoms with Gasteiger partial charge in [-0.25, -0.2) is 0 Å². The Morgan fingerprint density at radius 2 is 2.00 bits per heavy atom. The van der Waals surface area contributed by atoms with Crippen LogP contribution in [0.2, 0.25) is 0 Å². The summed E-state index contributed by atoms with van der Waals surface area (Å²) in [5.41, 5.74) is 0. The van der Waals surface area contributed by atoms with Crippen LogP contribution in [0.5, 0.6) is 0 Å².